The molecule has 0 aromatic heterocycles. The zero-order valence-electron chi connectivity index (χ0n) is 10.7. The molecule has 0 saturated carbocycles. The van der Waals surface area contributed by atoms with Gasteiger partial charge in [-0.05, 0) is 19.3 Å². The summed E-state index contributed by atoms with van der Waals surface area (Å²) in [4.78, 5) is 22.3. The Labute approximate surface area is 97.7 Å². The van der Waals surface area contributed by atoms with Crippen LogP contribution >= 0.6 is 0 Å². The van der Waals surface area contributed by atoms with Crippen LogP contribution in [-0.4, -0.2) is 24.5 Å². The Morgan fingerprint density at radius 1 is 1.50 bits per heavy atom. The van der Waals surface area contributed by atoms with E-state index in [-0.39, 0.29) is 0 Å². The normalized spacial score (nSPS) is 14.3. The van der Waals surface area contributed by atoms with Crippen LogP contribution in [0.1, 0.15) is 47.0 Å². The Hall–Kier alpha value is -1.06. The van der Waals surface area contributed by atoms with E-state index in [0.29, 0.717) is 18.9 Å². The number of carbonyl (C=O) groups is 2. The number of alkyl carbamates (subject to hydrolysis) is 1. The monoisotopic (exact) mass is 229 g/mol. The van der Waals surface area contributed by atoms with Crippen LogP contribution in [0.2, 0.25) is 0 Å². The minimum atomic E-state index is -0.802. The first-order chi connectivity index (χ1) is 7.43. The van der Waals surface area contributed by atoms with Gasteiger partial charge in [0.05, 0.1) is 12.1 Å². The van der Waals surface area contributed by atoms with E-state index in [4.69, 9.17) is 4.74 Å². The lowest BCUT2D eigenvalue weighted by Gasteiger charge is -2.24. The third kappa shape index (κ3) is 6.43. The highest BCUT2D eigenvalue weighted by Gasteiger charge is 2.25. The summed E-state index contributed by atoms with van der Waals surface area (Å²) >= 11 is 0. The fourth-order valence-electron chi connectivity index (χ4n) is 1.21. The minimum Gasteiger partial charge on any atom is -0.449 e. The van der Waals surface area contributed by atoms with Gasteiger partial charge in [0.15, 0.2) is 0 Å². The maximum Gasteiger partial charge on any atom is 0.407 e. The summed E-state index contributed by atoms with van der Waals surface area (Å²) in [6.45, 7) is 8.05. The Morgan fingerprint density at radius 2 is 2.12 bits per heavy atom. The first-order valence-corrected chi connectivity index (χ1v) is 5.84. The highest BCUT2D eigenvalue weighted by molar-refractivity contribution is 5.75. The zero-order valence-corrected chi connectivity index (χ0v) is 10.7. The Kier molecular flexibility index (Phi) is 6.77. The fraction of sp³-hybridized carbons (Fsp3) is 0.833. The van der Waals surface area contributed by atoms with Gasteiger partial charge in [-0.15, -0.1) is 0 Å². The van der Waals surface area contributed by atoms with Crippen molar-refractivity contribution in [2.45, 2.75) is 52.5 Å². The predicted octanol–water partition coefficient (Wildman–Crippen LogP) is 2.52. The molecule has 0 aliphatic rings. The molecule has 0 bridgehead atoms. The molecule has 4 nitrogen and oxygen atoms in total. The predicted molar refractivity (Wildman–Crippen MR) is 63.3 cm³/mol. The van der Waals surface area contributed by atoms with Gasteiger partial charge in [-0.25, -0.2) is 4.79 Å². The van der Waals surface area contributed by atoms with Crippen LogP contribution in [0.25, 0.3) is 0 Å². The van der Waals surface area contributed by atoms with Gasteiger partial charge in [0.2, 0.25) is 0 Å². The lowest BCUT2D eigenvalue weighted by atomic mass is 9.97. The molecule has 0 radical (unpaired) electrons. The number of unbranched alkanes of at least 4 members (excludes halogenated alkanes) is 1. The molecule has 0 aliphatic carbocycles. The summed E-state index contributed by atoms with van der Waals surface area (Å²) in [6, 6.07) is 0. The van der Waals surface area contributed by atoms with Gasteiger partial charge in [-0.3, -0.25) is 0 Å². The lowest BCUT2D eigenvalue weighted by Crippen LogP contribution is -2.47. The third-order valence-electron chi connectivity index (χ3n) is 2.25. The fourth-order valence-corrected chi connectivity index (χ4v) is 1.21. The SMILES string of the molecule is CCCCC(C)(C=O)NC(=O)OCC(C)C. The second-order valence-corrected chi connectivity index (χ2v) is 4.76. The number of ether oxygens (including phenoxy) is 1. The van der Waals surface area contributed by atoms with Gasteiger partial charge >= 0.3 is 6.09 Å². The van der Waals surface area contributed by atoms with E-state index in [2.05, 4.69) is 5.32 Å². The van der Waals surface area contributed by atoms with Crippen molar-refractivity contribution in [2.75, 3.05) is 6.61 Å². The van der Waals surface area contributed by atoms with Gasteiger partial charge in [0.25, 0.3) is 0 Å². The summed E-state index contributed by atoms with van der Waals surface area (Å²) in [6.07, 6.45) is 2.80. The second-order valence-electron chi connectivity index (χ2n) is 4.76. The van der Waals surface area contributed by atoms with Crippen LogP contribution in [0, 0.1) is 5.92 Å². The summed E-state index contributed by atoms with van der Waals surface area (Å²) in [5, 5.41) is 2.60. The van der Waals surface area contributed by atoms with E-state index in [0.717, 1.165) is 19.1 Å². The molecule has 0 heterocycles. The number of nitrogens with one attached hydrogen (secondary N) is 1. The number of carbonyl (C=O) groups excluding carboxylic acids is 2. The number of hydrogen-bond acceptors (Lipinski definition) is 3. The first-order valence-electron chi connectivity index (χ1n) is 5.84. The van der Waals surface area contributed by atoms with E-state index >= 15 is 0 Å². The van der Waals surface area contributed by atoms with E-state index in [1.54, 1.807) is 6.92 Å². The molecule has 16 heavy (non-hydrogen) atoms. The Morgan fingerprint density at radius 3 is 2.56 bits per heavy atom. The van der Waals surface area contributed by atoms with Gasteiger partial charge in [-0.2, -0.15) is 0 Å². The van der Waals surface area contributed by atoms with Crippen LogP contribution in [0.4, 0.5) is 4.79 Å². The van der Waals surface area contributed by atoms with Crippen LogP contribution in [-0.2, 0) is 9.53 Å². The number of rotatable bonds is 7. The molecule has 0 aromatic rings. The van der Waals surface area contributed by atoms with Crippen molar-refractivity contribution < 1.29 is 14.3 Å². The molecule has 0 aliphatic heterocycles. The van der Waals surface area contributed by atoms with Crippen molar-refractivity contribution >= 4 is 12.4 Å². The molecular weight excluding hydrogens is 206 g/mol. The summed E-state index contributed by atoms with van der Waals surface area (Å²) < 4.78 is 4.97. The van der Waals surface area contributed by atoms with Gasteiger partial charge in [-0.1, -0.05) is 33.6 Å². The molecule has 1 atom stereocenters. The molecule has 0 fully saturated rings. The smallest absolute Gasteiger partial charge is 0.407 e. The summed E-state index contributed by atoms with van der Waals surface area (Å²) in [7, 11) is 0. The molecule has 1 N–H and O–H groups in total. The quantitative estimate of drug-likeness (QED) is 0.682. The largest absolute Gasteiger partial charge is 0.449 e. The third-order valence-corrected chi connectivity index (χ3v) is 2.25. The Bertz CT molecular complexity index is 228. The molecule has 0 aromatic carbocycles. The molecule has 0 spiro atoms. The topological polar surface area (TPSA) is 55.4 Å². The van der Waals surface area contributed by atoms with Gasteiger partial charge < -0.3 is 14.8 Å². The molecule has 1 amide bonds. The van der Waals surface area contributed by atoms with Crippen LogP contribution < -0.4 is 5.32 Å². The minimum absolute atomic E-state index is 0.295. The molecule has 0 rings (SSSR count). The van der Waals surface area contributed by atoms with E-state index in [1.807, 2.05) is 20.8 Å². The van der Waals surface area contributed by atoms with E-state index < -0.39 is 11.6 Å². The van der Waals surface area contributed by atoms with E-state index in [1.165, 1.54) is 0 Å². The van der Waals surface area contributed by atoms with Crippen molar-refractivity contribution in [3.8, 4) is 0 Å². The Balaban J connectivity index is 4.09. The summed E-state index contributed by atoms with van der Waals surface area (Å²) in [5.74, 6) is 0.295. The van der Waals surface area contributed by atoms with Crippen molar-refractivity contribution in [1.29, 1.82) is 0 Å². The molecule has 1 unspecified atom stereocenters. The van der Waals surface area contributed by atoms with Crippen molar-refractivity contribution in [2.24, 2.45) is 5.92 Å². The average molecular weight is 229 g/mol. The number of amides is 1. The molecule has 4 heteroatoms. The van der Waals surface area contributed by atoms with Gasteiger partial charge in [0.1, 0.15) is 6.29 Å². The first kappa shape index (κ1) is 14.9. The highest BCUT2D eigenvalue weighted by Crippen LogP contribution is 2.11. The number of aldehydes is 1. The van der Waals surface area contributed by atoms with Crippen LogP contribution in [0.3, 0.4) is 0 Å². The second kappa shape index (κ2) is 7.25. The van der Waals surface area contributed by atoms with E-state index in [9.17, 15) is 9.59 Å². The van der Waals surface area contributed by atoms with Crippen LogP contribution in [0.5, 0.6) is 0 Å². The molecular formula is C12H23NO3. The van der Waals surface area contributed by atoms with Crippen molar-refractivity contribution in [3.63, 3.8) is 0 Å². The van der Waals surface area contributed by atoms with Crippen LogP contribution in [0.15, 0.2) is 0 Å². The number of hydrogen-bond donors (Lipinski definition) is 1. The molecule has 94 valence electrons. The average Bonchev–Trinajstić information content (AvgIpc) is 2.23. The summed E-state index contributed by atoms with van der Waals surface area (Å²) in [5.41, 5.74) is -0.802. The zero-order chi connectivity index (χ0) is 12.6. The standard InChI is InChI=1S/C12H23NO3/c1-5-6-7-12(4,9-14)13-11(15)16-8-10(2)3/h9-10H,5-8H2,1-4H3,(H,13,15). The highest BCUT2D eigenvalue weighted by atomic mass is 16.5. The van der Waals surface area contributed by atoms with Crippen molar-refractivity contribution in [3.05, 3.63) is 0 Å². The molecule has 0 saturated heterocycles. The van der Waals surface area contributed by atoms with Gasteiger partial charge in [0, 0.05) is 0 Å². The van der Waals surface area contributed by atoms with Crippen molar-refractivity contribution in [1.82, 2.24) is 5.32 Å². The lowest BCUT2D eigenvalue weighted by molar-refractivity contribution is -0.113. The maximum absolute atomic E-state index is 11.4. The maximum atomic E-state index is 11.4.